The summed E-state index contributed by atoms with van der Waals surface area (Å²) in [6.07, 6.45) is 7.30. The molecule has 1 aliphatic rings. The second-order valence-electron chi connectivity index (χ2n) is 3.89. The molecule has 0 radical (unpaired) electrons. The van der Waals surface area contributed by atoms with Crippen molar-refractivity contribution in [2.75, 3.05) is 5.32 Å². The lowest BCUT2D eigenvalue weighted by atomic mass is 10.2. The van der Waals surface area contributed by atoms with E-state index in [9.17, 15) is 0 Å². The highest BCUT2D eigenvalue weighted by atomic mass is 15.3. The molecule has 72 valence electrons. The highest BCUT2D eigenvalue weighted by molar-refractivity contribution is 5.46. The van der Waals surface area contributed by atoms with Crippen molar-refractivity contribution in [3.63, 3.8) is 0 Å². The molecule has 0 unspecified atom stereocenters. The van der Waals surface area contributed by atoms with Crippen LogP contribution in [0, 0.1) is 6.92 Å². The van der Waals surface area contributed by atoms with Crippen molar-refractivity contribution in [2.45, 2.75) is 38.6 Å². The van der Waals surface area contributed by atoms with E-state index < -0.39 is 0 Å². The Morgan fingerprint density at radius 3 is 2.69 bits per heavy atom. The fraction of sp³-hybridized carbons (Fsp3) is 0.700. The molecule has 1 fully saturated rings. The van der Waals surface area contributed by atoms with E-state index in [1.165, 1.54) is 37.1 Å². The summed E-state index contributed by atoms with van der Waals surface area (Å²) in [5, 5.41) is 7.76. The van der Waals surface area contributed by atoms with Crippen LogP contribution in [-0.2, 0) is 7.05 Å². The van der Waals surface area contributed by atoms with Gasteiger partial charge in [-0.2, -0.15) is 5.10 Å². The molecule has 3 heteroatoms. The molecule has 1 aliphatic carbocycles. The Morgan fingerprint density at radius 1 is 1.46 bits per heavy atom. The van der Waals surface area contributed by atoms with Gasteiger partial charge in [-0.1, -0.05) is 12.8 Å². The molecule has 2 rings (SSSR count). The van der Waals surface area contributed by atoms with Gasteiger partial charge in [-0.3, -0.25) is 4.68 Å². The van der Waals surface area contributed by atoms with Crippen LogP contribution in [0.4, 0.5) is 5.69 Å². The van der Waals surface area contributed by atoms with Crippen LogP contribution < -0.4 is 5.32 Å². The predicted molar refractivity (Wildman–Crippen MR) is 53.8 cm³/mol. The van der Waals surface area contributed by atoms with Crippen LogP contribution in [0.2, 0.25) is 0 Å². The Bertz CT molecular complexity index is 284. The molecule has 13 heavy (non-hydrogen) atoms. The first kappa shape index (κ1) is 8.60. The summed E-state index contributed by atoms with van der Waals surface area (Å²) in [7, 11) is 1.98. The predicted octanol–water partition coefficient (Wildman–Crippen LogP) is 2.08. The molecule has 0 saturated heterocycles. The minimum atomic E-state index is 0.683. The first-order valence-corrected chi connectivity index (χ1v) is 5.02. The zero-order chi connectivity index (χ0) is 9.26. The third kappa shape index (κ3) is 1.69. The van der Waals surface area contributed by atoms with Gasteiger partial charge in [-0.05, 0) is 19.8 Å². The number of nitrogens with one attached hydrogen (secondary N) is 1. The lowest BCUT2D eigenvalue weighted by molar-refractivity contribution is 0.734. The number of rotatable bonds is 2. The molecule has 1 saturated carbocycles. The second kappa shape index (κ2) is 3.40. The summed E-state index contributed by atoms with van der Waals surface area (Å²) in [6, 6.07) is 0.683. The molecule has 1 aromatic rings. The molecule has 1 aromatic heterocycles. The Balaban J connectivity index is 2.04. The van der Waals surface area contributed by atoms with Crippen molar-refractivity contribution in [1.29, 1.82) is 0 Å². The van der Waals surface area contributed by atoms with E-state index >= 15 is 0 Å². The number of aromatic nitrogens is 2. The summed E-state index contributed by atoms with van der Waals surface area (Å²) in [5.74, 6) is 0. The normalized spacial score (nSPS) is 18.0. The van der Waals surface area contributed by atoms with Gasteiger partial charge in [0.25, 0.3) is 0 Å². The number of aryl methyl sites for hydroxylation is 1. The van der Waals surface area contributed by atoms with Crippen LogP contribution in [0.1, 0.15) is 31.4 Å². The van der Waals surface area contributed by atoms with Crippen LogP contribution in [0.5, 0.6) is 0 Å². The maximum Gasteiger partial charge on any atom is 0.0758 e. The smallest absolute Gasteiger partial charge is 0.0758 e. The van der Waals surface area contributed by atoms with Crippen molar-refractivity contribution in [3.8, 4) is 0 Å². The topological polar surface area (TPSA) is 29.9 Å². The van der Waals surface area contributed by atoms with Crippen molar-refractivity contribution >= 4 is 5.69 Å². The average Bonchev–Trinajstić information content (AvgIpc) is 2.71. The Kier molecular flexibility index (Phi) is 2.25. The number of hydrogen-bond acceptors (Lipinski definition) is 2. The summed E-state index contributed by atoms with van der Waals surface area (Å²) < 4.78 is 1.91. The average molecular weight is 179 g/mol. The molecule has 1 heterocycles. The van der Waals surface area contributed by atoms with Gasteiger partial charge in [0, 0.05) is 13.1 Å². The molecule has 0 amide bonds. The van der Waals surface area contributed by atoms with Crippen LogP contribution >= 0.6 is 0 Å². The van der Waals surface area contributed by atoms with Gasteiger partial charge in [0.2, 0.25) is 0 Å². The molecule has 0 aromatic carbocycles. The van der Waals surface area contributed by atoms with Gasteiger partial charge in [-0.15, -0.1) is 0 Å². The van der Waals surface area contributed by atoms with E-state index in [4.69, 9.17) is 0 Å². The molecule has 0 bridgehead atoms. The van der Waals surface area contributed by atoms with Crippen LogP contribution in [0.15, 0.2) is 6.20 Å². The lowest BCUT2D eigenvalue weighted by Crippen LogP contribution is -2.14. The third-order valence-electron chi connectivity index (χ3n) is 2.95. The van der Waals surface area contributed by atoms with Gasteiger partial charge in [0.15, 0.2) is 0 Å². The highest BCUT2D eigenvalue weighted by Gasteiger charge is 2.15. The van der Waals surface area contributed by atoms with Crippen molar-refractivity contribution < 1.29 is 0 Å². The third-order valence-corrected chi connectivity index (χ3v) is 2.95. The van der Waals surface area contributed by atoms with E-state index in [2.05, 4.69) is 17.3 Å². The van der Waals surface area contributed by atoms with Gasteiger partial charge in [-0.25, -0.2) is 0 Å². The largest absolute Gasteiger partial charge is 0.380 e. The Labute approximate surface area is 79.1 Å². The summed E-state index contributed by atoms with van der Waals surface area (Å²) in [4.78, 5) is 0. The maximum absolute atomic E-state index is 4.21. The van der Waals surface area contributed by atoms with Gasteiger partial charge in [0.05, 0.1) is 17.6 Å². The monoisotopic (exact) mass is 179 g/mol. The highest BCUT2D eigenvalue weighted by Crippen LogP contribution is 2.23. The van der Waals surface area contributed by atoms with Gasteiger partial charge in [0.1, 0.15) is 0 Å². The number of nitrogens with zero attached hydrogens (tertiary/aromatic N) is 2. The molecule has 0 atom stereocenters. The molecule has 0 spiro atoms. The summed E-state index contributed by atoms with van der Waals surface area (Å²) in [5.41, 5.74) is 2.43. The minimum Gasteiger partial charge on any atom is -0.380 e. The number of hydrogen-bond donors (Lipinski definition) is 1. The van der Waals surface area contributed by atoms with Crippen LogP contribution in [-0.4, -0.2) is 15.8 Å². The van der Waals surface area contributed by atoms with Crippen molar-refractivity contribution in [3.05, 3.63) is 11.9 Å². The van der Waals surface area contributed by atoms with E-state index in [1.807, 2.05) is 17.9 Å². The van der Waals surface area contributed by atoms with E-state index in [0.717, 1.165) is 0 Å². The summed E-state index contributed by atoms with van der Waals surface area (Å²) in [6.45, 7) is 2.10. The standard InChI is InChI=1S/C10H17N3/c1-8-10(7-11-13(8)2)12-9-5-3-4-6-9/h7,9,12H,3-6H2,1-2H3. The Hall–Kier alpha value is -0.990. The van der Waals surface area contributed by atoms with Gasteiger partial charge < -0.3 is 5.32 Å². The first-order valence-electron chi connectivity index (χ1n) is 5.02. The SMILES string of the molecule is Cc1c(NC2CCCC2)cnn1C. The minimum absolute atomic E-state index is 0.683. The van der Waals surface area contributed by atoms with Crippen LogP contribution in [0.3, 0.4) is 0 Å². The molecule has 0 aliphatic heterocycles. The molecular formula is C10H17N3. The molecule has 3 nitrogen and oxygen atoms in total. The van der Waals surface area contributed by atoms with Crippen LogP contribution in [0.25, 0.3) is 0 Å². The Morgan fingerprint density at radius 2 is 2.15 bits per heavy atom. The van der Waals surface area contributed by atoms with E-state index in [1.54, 1.807) is 0 Å². The zero-order valence-corrected chi connectivity index (χ0v) is 8.38. The van der Waals surface area contributed by atoms with Crippen molar-refractivity contribution in [2.24, 2.45) is 7.05 Å². The zero-order valence-electron chi connectivity index (χ0n) is 8.38. The van der Waals surface area contributed by atoms with Crippen molar-refractivity contribution in [1.82, 2.24) is 9.78 Å². The second-order valence-corrected chi connectivity index (χ2v) is 3.89. The number of anilines is 1. The fourth-order valence-electron chi connectivity index (χ4n) is 1.93. The first-order chi connectivity index (χ1) is 6.27. The van der Waals surface area contributed by atoms with Gasteiger partial charge >= 0.3 is 0 Å². The molecule has 1 N–H and O–H groups in total. The molecular weight excluding hydrogens is 162 g/mol. The quantitative estimate of drug-likeness (QED) is 0.753. The maximum atomic E-state index is 4.21. The van der Waals surface area contributed by atoms with E-state index in [0.29, 0.717) is 6.04 Å². The van der Waals surface area contributed by atoms with E-state index in [-0.39, 0.29) is 0 Å². The fourth-order valence-corrected chi connectivity index (χ4v) is 1.93. The summed E-state index contributed by atoms with van der Waals surface area (Å²) >= 11 is 0. The lowest BCUT2D eigenvalue weighted by Gasteiger charge is -2.12.